The number of aryl methyl sites for hydroxylation is 2. The first-order valence-electron chi connectivity index (χ1n) is 17.6. The van der Waals surface area contributed by atoms with E-state index in [1.54, 1.807) is 45.9 Å². The minimum atomic E-state index is -4.82. The zero-order valence-corrected chi connectivity index (χ0v) is 30.0. The van der Waals surface area contributed by atoms with Gasteiger partial charge in [-0.2, -0.15) is 13.2 Å². The molecule has 0 bridgehead atoms. The lowest BCUT2D eigenvalue weighted by atomic mass is 9.87. The van der Waals surface area contributed by atoms with Crippen LogP contribution in [0.15, 0.2) is 41.3 Å². The number of carbonyl (C=O) groups is 2. The van der Waals surface area contributed by atoms with Gasteiger partial charge in [0.25, 0.3) is 5.56 Å². The molecule has 2 atom stereocenters. The minimum absolute atomic E-state index is 0.0313. The summed E-state index contributed by atoms with van der Waals surface area (Å²) in [5.74, 6) is -0.260. The lowest BCUT2D eigenvalue weighted by Crippen LogP contribution is -2.41. The molecule has 5 rings (SSSR count). The molecule has 52 heavy (non-hydrogen) atoms. The predicted molar refractivity (Wildman–Crippen MR) is 188 cm³/mol. The Morgan fingerprint density at radius 1 is 1.02 bits per heavy atom. The van der Waals surface area contributed by atoms with E-state index in [0.717, 1.165) is 23.6 Å². The average molecular weight is 726 g/mol. The molecule has 0 spiro atoms. The van der Waals surface area contributed by atoms with Crippen molar-refractivity contribution >= 4 is 11.9 Å². The molecule has 2 aliphatic rings. The molecular formula is C40H44F5N3O4. The van der Waals surface area contributed by atoms with Gasteiger partial charge in [0.1, 0.15) is 17.7 Å². The maximum absolute atomic E-state index is 16.6. The van der Waals surface area contributed by atoms with Gasteiger partial charge in [-0.15, -0.1) is 5.92 Å². The first-order valence-corrected chi connectivity index (χ1v) is 17.6. The number of aliphatic carboxylic acids is 1. The van der Waals surface area contributed by atoms with Gasteiger partial charge >= 0.3 is 12.1 Å². The molecule has 2 N–H and O–H groups in total. The van der Waals surface area contributed by atoms with Crippen LogP contribution in [0, 0.1) is 43.2 Å². The fourth-order valence-electron chi connectivity index (χ4n) is 7.47. The lowest BCUT2D eigenvalue weighted by molar-refractivity contribution is -0.139. The van der Waals surface area contributed by atoms with Crippen molar-refractivity contribution in [3.63, 3.8) is 0 Å². The maximum atomic E-state index is 16.6. The van der Waals surface area contributed by atoms with E-state index in [2.05, 4.69) is 22.1 Å². The number of benzene rings is 2. The highest BCUT2D eigenvalue weighted by molar-refractivity contribution is 5.82. The number of hydrogen-bond donors (Lipinski definition) is 2. The summed E-state index contributed by atoms with van der Waals surface area (Å²) in [5, 5.41) is 12.4. The molecule has 2 aromatic carbocycles. The smallest absolute Gasteiger partial charge is 0.416 e. The SMILES string of the molecule is CC#Cc1cc(-c2c(C)cccc2C)c(F)c([C@@H](CC(=O)O)NC(=O)[C@@H](CC(C)C)n2cc(C3CCN(C4CC4)CC3)c(C(F)(F)F)cc2=O)c1F. The number of rotatable bonds is 11. The standard InChI is InChI=1S/C40H44F5N3O4/c1-6-8-26-18-28(35-23(4)9-7-10-24(35)5)38(42)36(37(26)41)31(20-34(50)51)46-39(52)32(17-22(2)3)48-21-29(30(19-33(48)49)40(43,44)45)25-13-15-47(16-14-25)27-11-12-27/h7,9-10,18-19,21-22,25,27,31-32H,11-17,20H2,1-5H3,(H,46,52)(H,50,51)/t31-,32-/m1/s1. The number of nitrogens with zero attached hydrogens (tertiary/aromatic N) is 2. The van der Waals surface area contributed by atoms with Gasteiger partial charge in [0.2, 0.25) is 5.91 Å². The van der Waals surface area contributed by atoms with Crippen LogP contribution < -0.4 is 10.9 Å². The molecule has 2 fully saturated rings. The summed E-state index contributed by atoms with van der Waals surface area (Å²) in [6, 6.07) is 4.30. The van der Waals surface area contributed by atoms with Gasteiger partial charge < -0.3 is 19.9 Å². The summed E-state index contributed by atoms with van der Waals surface area (Å²) in [5.41, 5.74) is -1.41. The Labute approximate surface area is 300 Å². The van der Waals surface area contributed by atoms with Crippen molar-refractivity contribution in [2.75, 3.05) is 13.1 Å². The molecule has 1 saturated carbocycles. The van der Waals surface area contributed by atoms with Crippen molar-refractivity contribution in [3.05, 3.63) is 91.9 Å². The van der Waals surface area contributed by atoms with E-state index in [1.165, 1.54) is 13.0 Å². The number of carbonyl (C=O) groups excluding carboxylic acids is 1. The summed E-state index contributed by atoms with van der Waals surface area (Å²) in [4.78, 5) is 42.1. The fraction of sp³-hybridized carbons (Fsp3) is 0.475. The Morgan fingerprint density at radius 3 is 2.19 bits per heavy atom. The third kappa shape index (κ3) is 8.41. The van der Waals surface area contributed by atoms with E-state index < -0.39 is 70.8 Å². The number of likely N-dealkylation sites (tertiary alicyclic amines) is 1. The summed E-state index contributed by atoms with van der Waals surface area (Å²) in [6.45, 7) is 9.68. The zero-order chi connectivity index (χ0) is 38.1. The summed E-state index contributed by atoms with van der Waals surface area (Å²) < 4.78 is 76.9. The molecule has 3 aromatic rings. The van der Waals surface area contributed by atoms with E-state index in [-0.39, 0.29) is 29.0 Å². The van der Waals surface area contributed by atoms with Crippen LogP contribution in [-0.2, 0) is 15.8 Å². The van der Waals surface area contributed by atoms with Gasteiger partial charge in [-0.25, -0.2) is 8.78 Å². The highest BCUT2D eigenvalue weighted by Crippen LogP contribution is 2.41. The monoisotopic (exact) mass is 725 g/mol. The molecule has 2 heterocycles. The highest BCUT2D eigenvalue weighted by Gasteiger charge is 2.40. The third-order valence-electron chi connectivity index (χ3n) is 10.1. The van der Waals surface area contributed by atoms with Crippen molar-refractivity contribution in [1.82, 2.24) is 14.8 Å². The van der Waals surface area contributed by atoms with Gasteiger partial charge in [-0.05, 0) is 106 Å². The van der Waals surface area contributed by atoms with Crippen molar-refractivity contribution in [2.24, 2.45) is 5.92 Å². The fourth-order valence-corrected chi connectivity index (χ4v) is 7.47. The average Bonchev–Trinajstić information content (AvgIpc) is 3.91. The van der Waals surface area contributed by atoms with Crippen molar-refractivity contribution in [1.29, 1.82) is 0 Å². The second-order valence-electron chi connectivity index (χ2n) is 14.4. The van der Waals surface area contributed by atoms with Crippen LogP contribution in [0.25, 0.3) is 11.1 Å². The highest BCUT2D eigenvalue weighted by atomic mass is 19.4. The molecule has 0 unspecified atom stereocenters. The van der Waals surface area contributed by atoms with Crippen LogP contribution in [0.3, 0.4) is 0 Å². The van der Waals surface area contributed by atoms with Gasteiger partial charge in [0.05, 0.1) is 23.6 Å². The summed E-state index contributed by atoms with van der Waals surface area (Å²) in [6.07, 6.45) is -1.66. The molecule has 1 aliphatic heterocycles. The van der Waals surface area contributed by atoms with Gasteiger partial charge in [-0.3, -0.25) is 14.4 Å². The lowest BCUT2D eigenvalue weighted by Gasteiger charge is -2.34. The largest absolute Gasteiger partial charge is 0.481 e. The topological polar surface area (TPSA) is 91.6 Å². The van der Waals surface area contributed by atoms with E-state index >= 15 is 8.78 Å². The van der Waals surface area contributed by atoms with Crippen LogP contribution in [0.1, 0.15) is 111 Å². The number of hydrogen-bond acceptors (Lipinski definition) is 4. The van der Waals surface area contributed by atoms with Crippen LogP contribution in [-0.4, -0.2) is 45.6 Å². The normalized spacial score (nSPS) is 16.7. The summed E-state index contributed by atoms with van der Waals surface area (Å²) in [7, 11) is 0. The Balaban J connectivity index is 1.60. The quantitative estimate of drug-likeness (QED) is 0.154. The Hall–Kier alpha value is -4.50. The Kier molecular flexibility index (Phi) is 11.6. The number of nitrogens with one attached hydrogen (secondary N) is 1. The number of carboxylic acids is 1. The maximum Gasteiger partial charge on any atom is 0.416 e. The number of alkyl halides is 3. The Morgan fingerprint density at radius 2 is 1.65 bits per heavy atom. The molecule has 1 saturated heterocycles. The van der Waals surface area contributed by atoms with Crippen LogP contribution in [0.2, 0.25) is 0 Å². The number of amides is 1. The van der Waals surface area contributed by atoms with E-state index in [4.69, 9.17) is 0 Å². The third-order valence-corrected chi connectivity index (χ3v) is 10.1. The van der Waals surface area contributed by atoms with Crippen molar-refractivity contribution in [2.45, 2.75) is 103 Å². The zero-order valence-electron chi connectivity index (χ0n) is 30.0. The van der Waals surface area contributed by atoms with E-state index in [0.29, 0.717) is 54.7 Å². The molecule has 7 nitrogen and oxygen atoms in total. The molecule has 278 valence electrons. The number of halogens is 5. The molecule has 12 heteroatoms. The first-order chi connectivity index (χ1) is 24.5. The first kappa shape index (κ1) is 38.7. The van der Waals surface area contributed by atoms with E-state index in [9.17, 15) is 32.7 Å². The number of aromatic nitrogens is 1. The Bertz CT molecular complexity index is 1940. The molecule has 1 amide bonds. The van der Waals surface area contributed by atoms with E-state index in [1.807, 2.05) is 0 Å². The molecular weight excluding hydrogens is 681 g/mol. The van der Waals surface area contributed by atoms with Gasteiger partial charge in [0, 0.05) is 29.4 Å². The van der Waals surface area contributed by atoms with Crippen LogP contribution in [0.5, 0.6) is 0 Å². The second kappa shape index (κ2) is 15.6. The number of piperidine rings is 1. The van der Waals surface area contributed by atoms with Crippen LogP contribution >= 0.6 is 0 Å². The number of carboxylic acid groups (broad SMARTS) is 1. The van der Waals surface area contributed by atoms with Crippen molar-refractivity contribution in [3.8, 4) is 23.0 Å². The molecule has 0 radical (unpaired) electrons. The minimum Gasteiger partial charge on any atom is -0.481 e. The second-order valence-corrected chi connectivity index (χ2v) is 14.4. The van der Waals surface area contributed by atoms with Gasteiger partial charge in [-0.1, -0.05) is 38.0 Å². The van der Waals surface area contributed by atoms with Crippen LogP contribution in [0.4, 0.5) is 22.0 Å². The van der Waals surface area contributed by atoms with Crippen molar-refractivity contribution < 1.29 is 36.6 Å². The molecule has 1 aromatic heterocycles. The van der Waals surface area contributed by atoms with Gasteiger partial charge in [0.15, 0.2) is 0 Å². The summed E-state index contributed by atoms with van der Waals surface area (Å²) >= 11 is 0. The number of pyridine rings is 1. The molecule has 1 aliphatic carbocycles. The predicted octanol–water partition coefficient (Wildman–Crippen LogP) is 8.06.